The number of halogens is 2. The number of hydrogen-bond donors (Lipinski definition) is 3. The first-order chi connectivity index (χ1) is 24.0. The summed E-state index contributed by atoms with van der Waals surface area (Å²) in [5.41, 5.74) is 0.970. The Morgan fingerprint density at radius 3 is 1.66 bits per heavy atom. The van der Waals surface area contributed by atoms with Gasteiger partial charge in [0.05, 0.1) is 21.2 Å². The van der Waals surface area contributed by atoms with E-state index in [1.165, 1.54) is 48.5 Å². The van der Waals surface area contributed by atoms with E-state index in [-0.39, 0.29) is 11.4 Å². The van der Waals surface area contributed by atoms with E-state index < -0.39 is 44.9 Å². The van der Waals surface area contributed by atoms with Crippen LogP contribution in [0.15, 0.2) is 97.1 Å². The van der Waals surface area contributed by atoms with E-state index in [9.17, 15) is 34.6 Å². The van der Waals surface area contributed by atoms with Crippen molar-refractivity contribution in [1.29, 1.82) is 0 Å². The first-order valence-corrected chi connectivity index (χ1v) is 15.7. The summed E-state index contributed by atoms with van der Waals surface area (Å²) in [4.78, 5) is 63.8. The van der Waals surface area contributed by atoms with Crippen LogP contribution in [0.1, 0.15) is 39.8 Å². The van der Waals surface area contributed by atoms with Crippen molar-refractivity contribution in [3.8, 4) is 11.3 Å². The number of nitrogens with one attached hydrogen (secondary N) is 3. The lowest BCUT2D eigenvalue weighted by molar-refractivity contribution is -0.385. The van der Waals surface area contributed by atoms with Crippen molar-refractivity contribution >= 4 is 64.1 Å². The van der Waals surface area contributed by atoms with Crippen molar-refractivity contribution in [1.82, 2.24) is 20.8 Å². The molecule has 2 aliphatic rings. The predicted octanol–water partition coefficient (Wildman–Crippen LogP) is 7.02. The maximum absolute atomic E-state index is 14.7. The quantitative estimate of drug-likeness (QED) is 0.0952. The second-order valence-corrected chi connectivity index (χ2v) is 12.6. The molecule has 4 aromatic carbocycles. The van der Waals surface area contributed by atoms with Gasteiger partial charge in [-0.05, 0) is 76.9 Å². The van der Waals surface area contributed by atoms with E-state index in [1.807, 2.05) is 0 Å². The van der Waals surface area contributed by atoms with Gasteiger partial charge in [-0.25, -0.2) is 4.79 Å². The van der Waals surface area contributed by atoms with Crippen LogP contribution in [-0.2, 0) is 9.59 Å². The van der Waals surface area contributed by atoms with Gasteiger partial charge in [0.2, 0.25) is 11.8 Å². The van der Waals surface area contributed by atoms with Crippen molar-refractivity contribution in [3.63, 3.8) is 0 Å². The molecule has 1 saturated heterocycles. The molecule has 0 radical (unpaired) electrons. The Balaban J connectivity index is 1.61. The van der Waals surface area contributed by atoms with Crippen LogP contribution in [-0.4, -0.2) is 37.9 Å². The lowest BCUT2D eigenvalue weighted by Crippen LogP contribution is -2.67. The highest BCUT2D eigenvalue weighted by Gasteiger charge is 2.66. The van der Waals surface area contributed by atoms with Gasteiger partial charge in [-0.3, -0.25) is 45.5 Å². The van der Waals surface area contributed by atoms with E-state index in [0.29, 0.717) is 54.8 Å². The van der Waals surface area contributed by atoms with E-state index in [1.54, 1.807) is 54.6 Å². The molecular formula is C35H22Cl2N6O7. The second kappa shape index (κ2) is 12.4. The number of nitrogens with zero attached hydrogens (tertiary/aromatic N) is 3. The van der Waals surface area contributed by atoms with Crippen molar-refractivity contribution in [2.45, 2.75) is 11.8 Å². The number of aromatic amines is 1. The number of urea groups is 1. The molecule has 13 nitrogen and oxygen atoms in total. The number of nitro groups is 2. The molecule has 1 fully saturated rings. The molecule has 2 heterocycles. The molecule has 1 aliphatic heterocycles. The topological polar surface area (TPSA) is 190 Å². The Morgan fingerprint density at radius 2 is 1.16 bits per heavy atom. The van der Waals surface area contributed by atoms with Crippen molar-refractivity contribution < 1.29 is 24.2 Å². The average Bonchev–Trinajstić information content (AvgIpc) is 3.53. The zero-order valence-corrected chi connectivity index (χ0v) is 26.9. The summed E-state index contributed by atoms with van der Waals surface area (Å²) in [6.07, 6.45) is 1.68. The fourth-order valence-corrected chi connectivity index (χ4v) is 7.13. The second-order valence-electron chi connectivity index (χ2n) is 11.7. The van der Waals surface area contributed by atoms with Gasteiger partial charge in [0, 0.05) is 57.3 Å². The molecule has 15 heteroatoms. The molecule has 4 amide bonds. The van der Waals surface area contributed by atoms with Crippen LogP contribution in [0.25, 0.3) is 22.9 Å². The normalized spacial score (nSPS) is 18.8. The van der Waals surface area contributed by atoms with Gasteiger partial charge < -0.3 is 0 Å². The minimum atomic E-state index is -2.10. The van der Waals surface area contributed by atoms with Crippen LogP contribution in [0, 0.1) is 25.6 Å². The minimum absolute atomic E-state index is 0.144. The Bertz CT molecular complexity index is 2230. The number of nitro benzene ring substituents is 2. The van der Waals surface area contributed by atoms with Crippen LogP contribution < -0.4 is 10.6 Å². The summed E-state index contributed by atoms with van der Waals surface area (Å²) in [5, 5.41) is 36.1. The van der Waals surface area contributed by atoms with Gasteiger partial charge in [0.1, 0.15) is 0 Å². The van der Waals surface area contributed by atoms with Gasteiger partial charge in [-0.2, -0.15) is 5.10 Å². The van der Waals surface area contributed by atoms with E-state index >= 15 is 0 Å². The Kier molecular flexibility index (Phi) is 8.01. The van der Waals surface area contributed by atoms with Crippen molar-refractivity contribution in [3.05, 3.63) is 155 Å². The third-order valence-corrected chi connectivity index (χ3v) is 9.50. The van der Waals surface area contributed by atoms with Crippen molar-refractivity contribution in [2.24, 2.45) is 5.41 Å². The number of allylic oxidation sites excluding steroid dienone is 1. The summed E-state index contributed by atoms with van der Waals surface area (Å²) in [6.45, 7) is 0. The maximum atomic E-state index is 14.7. The third-order valence-electron chi connectivity index (χ3n) is 8.99. The first kappa shape index (κ1) is 32.4. The zero-order valence-electron chi connectivity index (χ0n) is 25.4. The number of rotatable bonds is 6. The SMILES string of the molecule is O=C1NC(=O)C2(C(=O)N1)C(c1ccc(Cl)cc1)/C(=C/c1ccc([N+](=O)[O-])cc1)c1n[nH]c(-c3ccc([N+](=O)[O-])cc3)c1C2c1ccc(Cl)cc1. The number of barbiturate groups is 1. The summed E-state index contributed by atoms with van der Waals surface area (Å²) in [5.74, 6) is -4.02. The summed E-state index contributed by atoms with van der Waals surface area (Å²) in [7, 11) is 0. The summed E-state index contributed by atoms with van der Waals surface area (Å²) in [6, 6.07) is 23.5. The number of fused-ring (bicyclic) bond motifs is 1. The first-order valence-electron chi connectivity index (χ1n) is 15.0. The molecule has 248 valence electrons. The Labute approximate surface area is 292 Å². The number of imide groups is 2. The number of H-pyrrole nitrogens is 1. The molecule has 1 aliphatic carbocycles. The van der Waals surface area contributed by atoms with E-state index in [2.05, 4.69) is 15.7 Å². The van der Waals surface area contributed by atoms with Crippen LogP contribution >= 0.6 is 23.2 Å². The summed E-state index contributed by atoms with van der Waals surface area (Å²) >= 11 is 12.6. The lowest BCUT2D eigenvalue weighted by atomic mass is 9.52. The number of amides is 4. The highest BCUT2D eigenvalue weighted by molar-refractivity contribution is 6.31. The molecule has 5 aromatic rings. The molecule has 0 saturated carbocycles. The van der Waals surface area contributed by atoms with E-state index in [4.69, 9.17) is 28.3 Å². The standard InChI is InChI=1S/C35H22Cl2N6O7/c36-22-9-3-19(4-10-22)28-26(17-18-1-13-24(14-2-18)42(47)48)31-27(30(40-41-31)21-7-15-25(16-8-21)43(49)50)29(20-5-11-23(37)12-6-20)35(28)32(44)38-34(46)39-33(35)45/h1-17,28-29H,(H,40,41)(H2,38,39,44,45,46)/b26-17-. The van der Waals surface area contributed by atoms with Crippen LogP contribution in [0.4, 0.5) is 16.2 Å². The third kappa shape index (κ3) is 5.29. The highest BCUT2D eigenvalue weighted by Crippen LogP contribution is 2.62. The van der Waals surface area contributed by atoms with E-state index in [0.717, 1.165) is 0 Å². The van der Waals surface area contributed by atoms with Crippen LogP contribution in [0.3, 0.4) is 0 Å². The molecular weight excluding hydrogens is 687 g/mol. The molecule has 50 heavy (non-hydrogen) atoms. The fraction of sp³-hybridized carbons (Fsp3) is 0.0857. The average molecular weight is 710 g/mol. The minimum Gasteiger partial charge on any atom is -0.277 e. The van der Waals surface area contributed by atoms with Gasteiger partial charge in [-0.15, -0.1) is 0 Å². The Hall–Kier alpha value is -6.18. The molecule has 1 aromatic heterocycles. The Morgan fingerprint density at radius 1 is 0.680 bits per heavy atom. The smallest absolute Gasteiger partial charge is 0.277 e. The molecule has 0 bridgehead atoms. The maximum Gasteiger partial charge on any atom is 0.328 e. The van der Waals surface area contributed by atoms with Gasteiger partial charge in [0.25, 0.3) is 11.4 Å². The zero-order chi connectivity index (χ0) is 35.3. The molecule has 2 unspecified atom stereocenters. The predicted molar refractivity (Wildman–Crippen MR) is 183 cm³/mol. The number of aromatic nitrogens is 2. The number of carbonyl (C=O) groups excluding carboxylic acids is 3. The molecule has 1 spiro atoms. The number of benzene rings is 4. The lowest BCUT2D eigenvalue weighted by Gasteiger charge is -2.49. The van der Waals surface area contributed by atoms with Crippen molar-refractivity contribution in [2.75, 3.05) is 0 Å². The number of non-ortho nitro benzene ring substituents is 2. The number of hydrogen-bond acceptors (Lipinski definition) is 8. The number of carbonyl (C=O) groups is 3. The molecule has 2 atom stereocenters. The highest BCUT2D eigenvalue weighted by atomic mass is 35.5. The molecule has 7 rings (SSSR count). The largest absolute Gasteiger partial charge is 0.328 e. The van der Waals surface area contributed by atoms with Gasteiger partial charge in [-0.1, -0.05) is 47.5 Å². The van der Waals surface area contributed by atoms with Crippen LogP contribution in [0.2, 0.25) is 10.0 Å². The summed E-state index contributed by atoms with van der Waals surface area (Å²) < 4.78 is 0. The molecule has 3 N–H and O–H groups in total. The monoisotopic (exact) mass is 708 g/mol. The van der Waals surface area contributed by atoms with Crippen LogP contribution in [0.5, 0.6) is 0 Å². The van der Waals surface area contributed by atoms with Gasteiger partial charge in [0.15, 0.2) is 5.41 Å². The van der Waals surface area contributed by atoms with Gasteiger partial charge >= 0.3 is 6.03 Å². The fourth-order valence-electron chi connectivity index (χ4n) is 6.88.